The van der Waals surface area contributed by atoms with Gasteiger partial charge in [-0.15, -0.1) is 0 Å². The van der Waals surface area contributed by atoms with E-state index in [1.165, 1.54) is 17.5 Å². The van der Waals surface area contributed by atoms with Gasteiger partial charge in [-0.05, 0) is 68.6 Å². The van der Waals surface area contributed by atoms with Crippen molar-refractivity contribution in [2.24, 2.45) is 0 Å². The summed E-state index contributed by atoms with van der Waals surface area (Å²) >= 11 is 7.49. The fourth-order valence-electron chi connectivity index (χ4n) is 3.95. The lowest BCUT2D eigenvalue weighted by molar-refractivity contribution is 0.464. The molecule has 1 unspecified atom stereocenters. The molecule has 0 saturated carbocycles. The van der Waals surface area contributed by atoms with Gasteiger partial charge in [0.25, 0.3) is 10.9 Å². The van der Waals surface area contributed by atoms with Crippen LogP contribution < -0.4 is 21.5 Å². The van der Waals surface area contributed by atoms with Crippen LogP contribution in [0.4, 0.5) is 17.1 Å². The minimum Gasteiger partial charge on any atom is -0.505 e. The third-order valence-electron chi connectivity index (χ3n) is 5.47. The third-order valence-corrected chi connectivity index (χ3v) is 6.85. The van der Waals surface area contributed by atoms with Gasteiger partial charge in [0.1, 0.15) is 11.4 Å². The number of fused-ring (bicyclic) bond motifs is 1. The number of rotatable bonds is 6. The Labute approximate surface area is 190 Å². The summed E-state index contributed by atoms with van der Waals surface area (Å²) in [6.07, 6.45) is 4.02. The Kier molecular flexibility index (Phi) is 6.27. The summed E-state index contributed by atoms with van der Waals surface area (Å²) in [7, 11) is 3.67. The van der Waals surface area contributed by atoms with Gasteiger partial charge in [0.2, 0.25) is 0 Å². The number of hydrogen-bond donors (Lipinski definition) is 3. The fourth-order valence-corrected chi connectivity index (χ4v) is 4.92. The highest BCUT2D eigenvalue weighted by Crippen LogP contribution is 2.42. The highest BCUT2D eigenvalue weighted by Gasteiger charge is 2.27. The number of benzene rings is 2. The van der Waals surface area contributed by atoms with Crippen molar-refractivity contribution in [1.29, 1.82) is 0 Å². The van der Waals surface area contributed by atoms with E-state index < -0.39 is 10.9 Å². The molecule has 31 heavy (non-hydrogen) atoms. The van der Waals surface area contributed by atoms with Crippen molar-refractivity contribution in [2.75, 3.05) is 24.7 Å². The van der Waals surface area contributed by atoms with Crippen molar-refractivity contribution in [1.82, 2.24) is 4.31 Å². The summed E-state index contributed by atoms with van der Waals surface area (Å²) in [5.74, 6) is -0.0648. The standard InChI is InChI=1S/C23H24ClN3O3S/c1-27(2)31-23-15(24)11-12-17(20(23)28)26-19-18(21(29)22(19)30)25-16-10-6-4-8-13-7-3-5-9-14(13)16/h3,5,7,9,11-12,16,25-26,28H,4,6,8,10H2,1-2H3. The van der Waals surface area contributed by atoms with Crippen molar-refractivity contribution >= 4 is 40.6 Å². The van der Waals surface area contributed by atoms with E-state index in [2.05, 4.69) is 22.8 Å². The molecule has 1 aliphatic carbocycles. The molecule has 3 N–H and O–H groups in total. The number of nitrogens with one attached hydrogen (secondary N) is 2. The predicted octanol–water partition coefficient (Wildman–Crippen LogP) is 4.83. The molecule has 3 aromatic rings. The molecule has 0 heterocycles. The number of phenols is 1. The molecule has 1 atom stereocenters. The van der Waals surface area contributed by atoms with Crippen LogP contribution >= 0.6 is 23.5 Å². The van der Waals surface area contributed by atoms with Crippen molar-refractivity contribution in [3.63, 3.8) is 0 Å². The number of halogens is 1. The molecule has 6 nitrogen and oxygen atoms in total. The molecule has 0 spiro atoms. The normalized spacial score (nSPS) is 16.2. The van der Waals surface area contributed by atoms with Crippen molar-refractivity contribution < 1.29 is 5.11 Å². The average molecular weight is 458 g/mol. The molecule has 0 fully saturated rings. The molecule has 4 rings (SSSR count). The minimum absolute atomic E-state index is 0.0405. The largest absolute Gasteiger partial charge is 0.505 e. The molecule has 162 valence electrons. The van der Waals surface area contributed by atoms with Gasteiger partial charge in [-0.2, -0.15) is 0 Å². The Hall–Kier alpha value is -2.48. The second-order valence-electron chi connectivity index (χ2n) is 7.85. The van der Waals surface area contributed by atoms with Crippen LogP contribution in [-0.4, -0.2) is 23.5 Å². The number of hydrogen-bond acceptors (Lipinski definition) is 7. The molecule has 0 saturated heterocycles. The molecular formula is C23H24ClN3O3S. The van der Waals surface area contributed by atoms with Gasteiger partial charge in [0, 0.05) is 0 Å². The first-order valence-corrected chi connectivity index (χ1v) is 11.3. The maximum Gasteiger partial charge on any atom is 0.253 e. The Bertz CT molecular complexity index is 1190. The summed E-state index contributed by atoms with van der Waals surface area (Å²) in [5, 5.41) is 17.3. The Balaban J connectivity index is 1.64. The van der Waals surface area contributed by atoms with E-state index in [0.717, 1.165) is 31.2 Å². The van der Waals surface area contributed by atoms with E-state index in [4.69, 9.17) is 11.6 Å². The lowest BCUT2D eigenvalue weighted by atomic mass is 9.98. The third kappa shape index (κ3) is 4.31. The van der Waals surface area contributed by atoms with Crippen LogP contribution in [0.3, 0.4) is 0 Å². The smallest absolute Gasteiger partial charge is 0.253 e. The summed E-state index contributed by atoms with van der Waals surface area (Å²) in [5.41, 5.74) is 2.06. The Morgan fingerprint density at radius 1 is 1.06 bits per heavy atom. The molecule has 0 radical (unpaired) electrons. The maximum absolute atomic E-state index is 12.4. The zero-order valence-corrected chi connectivity index (χ0v) is 18.9. The van der Waals surface area contributed by atoms with E-state index in [9.17, 15) is 14.7 Å². The van der Waals surface area contributed by atoms with Crippen molar-refractivity contribution in [2.45, 2.75) is 36.6 Å². The molecule has 0 aromatic heterocycles. The van der Waals surface area contributed by atoms with Gasteiger partial charge in [0.15, 0.2) is 5.75 Å². The average Bonchev–Trinajstić information content (AvgIpc) is 2.96. The predicted molar refractivity (Wildman–Crippen MR) is 128 cm³/mol. The number of phenolic OH excluding ortho intramolecular Hbond substituents is 1. The van der Waals surface area contributed by atoms with Crippen LogP contribution in [0.25, 0.3) is 0 Å². The molecule has 3 aromatic carbocycles. The minimum atomic E-state index is -0.597. The molecule has 0 aliphatic heterocycles. The van der Waals surface area contributed by atoms with E-state index in [0.29, 0.717) is 15.6 Å². The van der Waals surface area contributed by atoms with Crippen LogP contribution in [0, 0.1) is 0 Å². The number of aryl methyl sites for hydroxylation is 1. The number of nitrogens with zero attached hydrogens (tertiary/aromatic N) is 1. The molecular weight excluding hydrogens is 434 g/mol. The van der Waals surface area contributed by atoms with E-state index in [1.807, 2.05) is 26.2 Å². The highest BCUT2D eigenvalue weighted by molar-refractivity contribution is 7.97. The van der Waals surface area contributed by atoms with Gasteiger partial charge in [-0.1, -0.05) is 42.3 Å². The second kappa shape index (κ2) is 8.94. The summed E-state index contributed by atoms with van der Waals surface area (Å²) in [6.45, 7) is 0. The first-order chi connectivity index (χ1) is 14.9. The highest BCUT2D eigenvalue weighted by atomic mass is 35.5. The summed E-state index contributed by atoms with van der Waals surface area (Å²) in [6, 6.07) is 11.4. The summed E-state index contributed by atoms with van der Waals surface area (Å²) in [4.78, 5) is 25.2. The number of aromatic hydroxyl groups is 1. The first-order valence-electron chi connectivity index (χ1n) is 10.2. The maximum atomic E-state index is 12.4. The monoisotopic (exact) mass is 457 g/mol. The van der Waals surface area contributed by atoms with Gasteiger partial charge < -0.3 is 15.7 Å². The first kappa shape index (κ1) is 21.7. The molecule has 1 aliphatic rings. The van der Waals surface area contributed by atoms with E-state index >= 15 is 0 Å². The quantitative estimate of drug-likeness (QED) is 0.211. The zero-order chi connectivity index (χ0) is 22.1. The SMILES string of the molecule is CN(C)Sc1c(Cl)ccc(Nc2c(NC3CCCCc4ccccc43)c(=O)c2=O)c1O. The topological polar surface area (TPSA) is 81.7 Å². The van der Waals surface area contributed by atoms with E-state index in [-0.39, 0.29) is 23.2 Å². The molecule has 8 heteroatoms. The molecule has 0 bridgehead atoms. The van der Waals surface area contributed by atoms with Crippen LogP contribution in [0.5, 0.6) is 5.75 Å². The van der Waals surface area contributed by atoms with Crippen LogP contribution in [0.15, 0.2) is 50.9 Å². The van der Waals surface area contributed by atoms with Gasteiger partial charge in [-0.3, -0.25) is 13.9 Å². The van der Waals surface area contributed by atoms with Crippen LogP contribution in [-0.2, 0) is 6.42 Å². The van der Waals surface area contributed by atoms with Crippen LogP contribution in [0.2, 0.25) is 5.02 Å². The second-order valence-corrected chi connectivity index (χ2v) is 9.58. The van der Waals surface area contributed by atoms with Gasteiger partial charge >= 0.3 is 0 Å². The molecule has 0 amide bonds. The van der Waals surface area contributed by atoms with Crippen molar-refractivity contribution in [3.05, 3.63) is 73.0 Å². The lowest BCUT2D eigenvalue weighted by Gasteiger charge is -2.23. The van der Waals surface area contributed by atoms with Gasteiger partial charge in [-0.25, -0.2) is 0 Å². The van der Waals surface area contributed by atoms with Crippen molar-refractivity contribution in [3.8, 4) is 5.75 Å². The Morgan fingerprint density at radius 3 is 2.58 bits per heavy atom. The summed E-state index contributed by atoms with van der Waals surface area (Å²) < 4.78 is 1.80. The van der Waals surface area contributed by atoms with Crippen LogP contribution in [0.1, 0.15) is 36.4 Å². The zero-order valence-electron chi connectivity index (χ0n) is 17.4. The lowest BCUT2D eigenvalue weighted by Crippen LogP contribution is -2.37. The van der Waals surface area contributed by atoms with Gasteiger partial charge in [0.05, 0.1) is 21.6 Å². The Morgan fingerprint density at radius 2 is 1.81 bits per heavy atom. The number of anilines is 3. The fraction of sp³-hybridized carbons (Fsp3) is 0.304. The van der Waals surface area contributed by atoms with E-state index in [1.54, 1.807) is 16.4 Å².